The SMILES string of the molecule is CCN(CC)S(=O)(=O)NCC1(CC(=O)O)CCCCC1. The lowest BCUT2D eigenvalue weighted by Gasteiger charge is -2.36. The zero-order valence-corrected chi connectivity index (χ0v) is 13.2. The number of hydrogen-bond donors (Lipinski definition) is 2. The topological polar surface area (TPSA) is 86.7 Å². The van der Waals surface area contributed by atoms with E-state index in [4.69, 9.17) is 5.11 Å². The van der Waals surface area contributed by atoms with Crippen LogP contribution in [0.2, 0.25) is 0 Å². The van der Waals surface area contributed by atoms with Gasteiger partial charge in [0.1, 0.15) is 0 Å². The maximum atomic E-state index is 12.1. The summed E-state index contributed by atoms with van der Waals surface area (Å²) in [6.45, 7) is 4.63. The third-order valence-electron chi connectivity index (χ3n) is 4.12. The van der Waals surface area contributed by atoms with Crippen LogP contribution in [0.3, 0.4) is 0 Å². The summed E-state index contributed by atoms with van der Waals surface area (Å²) in [6, 6.07) is 0. The van der Waals surface area contributed by atoms with Gasteiger partial charge in [-0.15, -0.1) is 0 Å². The highest BCUT2D eigenvalue weighted by Crippen LogP contribution is 2.39. The second-order valence-electron chi connectivity index (χ2n) is 5.54. The molecule has 0 aromatic carbocycles. The zero-order chi connectivity index (χ0) is 15.2. The maximum Gasteiger partial charge on any atom is 0.303 e. The molecular weight excluding hydrogens is 280 g/mol. The van der Waals surface area contributed by atoms with Gasteiger partial charge in [0.2, 0.25) is 0 Å². The van der Waals surface area contributed by atoms with Crippen LogP contribution in [0.25, 0.3) is 0 Å². The molecule has 0 spiro atoms. The minimum absolute atomic E-state index is 0.0355. The monoisotopic (exact) mass is 306 g/mol. The lowest BCUT2D eigenvalue weighted by molar-refractivity contribution is -0.140. The van der Waals surface area contributed by atoms with E-state index >= 15 is 0 Å². The number of aliphatic carboxylic acids is 1. The maximum absolute atomic E-state index is 12.1. The van der Waals surface area contributed by atoms with E-state index < -0.39 is 21.6 Å². The first-order chi connectivity index (χ1) is 9.35. The number of carboxylic acids is 1. The van der Waals surface area contributed by atoms with Crippen molar-refractivity contribution in [2.45, 2.75) is 52.4 Å². The number of carbonyl (C=O) groups is 1. The average Bonchev–Trinajstić information content (AvgIpc) is 2.38. The van der Waals surface area contributed by atoms with Crippen molar-refractivity contribution >= 4 is 16.2 Å². The van der Waals surface area contributed by atoms with Crippen LogP contribution in [0.1, 0.15) is 52.4 Å². The molecule has 0 bridgehead atoms. The van der Waals surface area contributed by atoms with Crippen molar-refractivity contribution in [3.05, 3.63) is 0 Å². The molecule has 1 saturated carbocycles. The minimum Gasteiger partial charge on any atom is -0.481 e. The van der Waals surface area contributed by atoms with E-state index in [1.165, 1.54) is 4.31 Å². The summed E-state index contributed by atoms with van der Waals surface area (Å²) >= 11 is 0. The van der Waals surface area contributed by atoms with Gasteiger partial charge in [-0.3, -0.25) is 4.79 Å². The summed E-state index contributed by atoms with van der Waals surface area (Å²) in [4.78, 5) is 11.1. The Morgan fingerprint density at radius 2 is 1.75 bits per heavy atom. The Morgan fingerprint density at radius 3 is 2.20 bits per heavy atom. The van der Waals surface area contributed by atoms with E-state index in [0.717, 1.165) is 32.1 Å². The molecule has 1 fully saturated rings. The summed E-state index contributed by atoms with van der Waals surface area (Å²) < 4.78 is 28.2. The minimum atomic E-state index is -3.51. The first-order valence-corrected chi connectivity index (χ1v) is 8.76. The molecule has 0 heterocycles. The van der Waals surface area contributed by atoms with E-state index in [1.807, 2.05) is 0 Å². The molecule has 20 heavy (non-hydrogen) atoms. The Kier molecular flexibility index (Phi) is 6.42. The van der Waals surface area contributed by atoms with Gasteiger partial charge in [0.15, 0.2) is 0 Å². The van der Waals surface area contributed by atoms with Crippen LogP contribution in [0.5, 0.6) is 0 Å². The molecule has 0 unspecified atom stereocenters. The molecule has 2 N–H and O–H groups in total. The van der Waals surface area contributed by atoms with Crippen molar-refractivity contribution < 1.29 is 18.3 Å². The summed E-state index contributed by atoms with van der Waals surface area (Å²) in [5.74, 6) is -0.853. The Balaban J connectivity index is 2.73. The largest absolute Gasteiger partial charge is 0.481 e. The van der Waals surface area contributed by atoms with Gasteiger partial charge < -0.3 is 5.11 Å². The third-order valence-corrected chi connectivity index (χ3v) is 5.82. The molecule has 1 rings (SSSR count). The number of nitrogens with zero attached hydrogens (tertiary/aromatic N) is 1. The average molecular weight is 306 g/mol. The summed E-state index contributed by atoms with van der Waals surface area (Å²) in [5, 5.41) is 9.07. The Bertz CT molecular complexity index is 412. The van der Waals surface area contributed by atoms with Crippen molar-refractivity contribution in [1.82, 2.24) is 9.03 Å². The fraction of sp³-hybridized carbons (Fsp3) is 0.923. The molecule has 118 valence electrons. The van der Waals surface area contributed by atoms with Crippen molar-refractivity contribution in [1.29, 1.82) is 0 Å². The van der Waals surface area contributed by atoms with Crippen LogP contribution in [-0.2, 0) is 15.0 Å². The van der Waals surface area contributed by atoms with Crippen molar-refractivity contribution in [2.75, 3.05) is 19.6 Å². The van der Waals surface area contributed by atoms with Crippen molar-refractivity contribution in [3.63, 3.8) is 0 Å². The highest BCUT2D eigenvalue weighted by Gasteiger charge is 2.36. The number of rotatable bonds is 8. The molecule has 7 heteroatoms. The Hall–Kier alpha value is -0.660. The van der Waals surface area contributed by atoms with Crippen LogP contribution in [-0.4, -0.2) is 43.4 Å². The molecule has 6 nitrogen and oxygen atoms in total. The predicted molar refractivity (Wildman–Crippen MR) is 77.6 cm³/mol. The standard InChI is InChI=1S/C13H26N2O4S/c1-3-15(4-2)20(18,19)14-11-13(10-12(16)17)8-6-5-7-9-13/h14H,3-11H2,1-2H3,(H,16,17). The lowest BCUT2D eigenvalue weighted by Crippen LogP contribution is -2.46. The van der Waals surface area contributed by atoms with Crippen LogP contribution in [0.4, 0.5) is 0 Å². The van der Waals surface area contributed by atoms with Crippen LogP contribution in [0, 0.1) is 5.41 Å². The van der Waals surface area contributed by atoms with E-state index in [0.29, 0.717) is 13.1 Å². The van der Waals surface area contributed by atoms with Crippen LogP contribution in [0.15, 0.2) is 0 Å². The molecule has 0 aromatic heterocycles. The Labute approximate surface area is 121 Å². The van der Waals surface area contributed by atoms with Gasteiger partial charge in [-0.05, 0) is 18.3 Å². The normalized spacial score (nSPS) is 19.1. The molecule has 0 aromatic rings. The highest BCUT2D eigenvalue weighted by molar-refractivity contribution is 7.87. The van der Waals surface area contributed by atoms with Gasteiger partial charge in [0, 0.05) is 19.6 Å². The van der Waals surface area contributed by atoms with E-state index in [-0.39, 0.29) is 13.0 Å². The number of hydrogen-bond acceptors (Lipinski definition) is 3. The van der Waals surface area contributed by atoms with E-state index in [2.05, 4.69) is 4.72 Å². The molecular formula is C13H26N2O4S. The van der Waals surface area contributed by atoms with E-state index in [9.17, 15) is 13.2 Å². The smallest absolute Gasteiger partial charge is 0.303 e. The first-order valence-electron chi connectivity index (χ1n) is 7.32. The molecule has 1 aliphatic rings. The fourth-order valence-corrected chi connectivity index (χ4v) is 4.29. The number of carboxylic acid groups (broad SMARTS) is 1. The molecule has 0 aliphatic heterocycles. The van der Waals surface area contributed by atoms with Gasteiger partial charge in [0.05, 0.1) is 6.42 Å². The fourth-order valence-electron chi connectivity index (χ4n) is 2.94. The molecule has 0 atom stereocenters. The van der Waals surface area contributed by atoms with Crippen molar-refractivity contribution in [2.24, 2.45) is 5.41 Å². The summed E-state index contributed by atoms with van der Waals surface area (Å²) in [5.41, 5.74) is -0.426. The third kappa shape index (κ3) is 4.71. The van der Waals surface area contributed by atoms with Gasteiger partial charge in [0.25, 0.3) is 10.2 Å². The van der Waals surface area contributed by atoms with Crippen LogP contribution < -0.4 is 4.72 Å². The second-order valence-corrected chi connectivity index (χ2v) is 7.30. The number of nitrogens with one attached hydrogen (secondary N) is 1. The molecule has 0 radical (unpaired) electrons. The summed E-state index contributed by atoms with van der Waals surface area (Å²) in [7, 11) is -3.51. The molecule has 0 amide bonds. The lowest BCUT2D eigenvalue weighted by atomic mass is 9.72. The predicted octanol–water partition coefficient (Wildman–Crippen LogP) is 1.59. The quantitative estimate of drug-likeness (QED) is 0.713. The van der Waals surface area contributed by atoms with E-state index in [1.54, 1.807) is 13.8 Å². The zero-order valence-electron chi connectivity index (χ0n) is 12.4. The summed E-state index contributed by atoms with van der Waals surface area (Å²) in [6.07, 6.45) is 4.64. The van der Waals surface area contributed by atoms with Crippen LogP contribution >= 0.6 is 0 Å². The second kappa shape index (κ2) is 7.38. The highest BCUT2D eigenvalue weighted by atomic mass is 32.2. The van der Waals surface area contributed by atoms with Gasteiger partial charge in [-0.25, -0.2) is 4.72 Å². The van der Waals surface area contributed by atoms with Gasteiger partial charge >= 0.3 is 5.97 Å². The first kappa shape index (κ1) is 17.4. The van der Waals surface area contributed by atoms with Crippen molar-refractivity contribution in [3.8, 4) is 0 Å². The molecule has 0 saturated heterocycles. The Morgan fingerprint density at radius 1 is 1.20 bits per heavy atom. The van der Waals surface area contributed by atoms with Gasteiger partial charge in [-0.2, -0.15) is 12.7 Å². The molecule has 1 aliphatic carbocycles. The van der Waals surface area contributed by atoms with Gasteiger partial charge in [-0.1, -0.05) is 33.1 Å².